The quantitative estimate of drug-likeness (QED) is 0.800. The van der Waals surface area contributed by atoms with Crippen LogP contribution in [-0.4, -0.2) is 31.0 Å². The standard InChI is InChI=1S/C14H14BrN3O2/c1-20-13-10-11(15)4-5-12(13)14(19)18(8-2-6-16)9-3-7-17/h4-5,10H,2-3,8-9H2,1H3. The molecule has 0 aliphatic heterocycles. The van der Waals surface area contributed by atoms with Gasteiger partial charge in [-0.2, -0.15) is 10.5 Å². The molecule has 5 nitrogen and oxygen atoms in total. The van der Waals surface area contributed by atoms with Crippen LogP contribution >= 0.6 is 15.9 Å². The van der Waals surface area contributed by atoms with Crippen LogP contribution < -0.4 is 4.74 Å². The van der Waals surface area contributed by atoms with Crippen molar-refractivity contribution < 1.29 is 9.53 Å². The second kappa shape index (κ2) is 8.19. The van der Waals surface area contributed by atoms with E-state index in [2.05, 4.69) is 15.9 Å². The van der Waals surface area contributed by atoms with E-state index >= 15 is 0 Å². The lowest BCUT2D eigenvalue weighted by Gasteiger charge is -2.21. The van der Waals surface area contributed by atoms with E-state index in [-0.39, 0.29) is 18.7 Å². The Hall–Kier alpha value is -2.05. The molecule has 0 aromatic heterocycles. The van der Waals surface area contributed by atoms with Gasteiger partial charge in [-0.15, -0.1) is 0 Å². The number of amides is 1. The van der Waals surface area contributed by atoms with E-state index in [0.29, 0.717) is 24.4 Å². The summed E-state index contributed by atoms with van der Waals surface area (Å²) in [5, 5.41) is 17.3. The van der Waals surface area contributed by atoms with Gasteiger partial charge in [0.05, 0.1) is 37.7 Å². The van der Waals surface area contributed by atoms with Crippen molar-refractivity contribution in [3.8, 4) is 17.9 Å². The first-order chi connectivity index (χ1) is 9.63. The highest BCUT2D eigenvalue weighted by Crippen LogP contribution is 2.24. The molecule has 1 rings (SSSR count). The number of rotatable bonds is 6. The number of methoxy groups -OCH3 is 1. The summed E-state index contributed by atoms with van der Waals surface area (Å²) in [6, 6.07) is 9.13. The lowest BCUT2D eigenvalue weighted by Crippen LogP contribution is -2.33. The minimum atomic E-state index is -0.236. The van der Waals surface area contributed by atoms with Crippen LogP contribution in [-0.2, 0) is 0 Å². The van der Waals surface area contributed by atoms with Crippen molar-refractivity contribution >= 4 is 21.8 Å². The molecular weight excluding hydrogens is 322 g/mol. The summed E-state index contributed by atoms with van der Waals surface area (Å²) in [5.74, 6) is 0.225. The minimum absolute atomic E-state index is 0.232. The number of nitriles is 2. The van der Waals surface area contributed by atoms with Gasteiger partial charge in [0, 0.05) is 17.6 Å². The Balaban J connectivity index is 2.99. The molecule has 1 aromatic carbocycles. The van der Waals surface area contributed by atoms with Crippen molar-refractivity contribution in [2.24, 2.45) is 0 Å². The Kier molecular flexibility index (Phi) is 6.55. The molecule has 0 N–H and O–H groups in total. The zero-order valence-electron chi connectivity index (χ0n) is 11.1. The maximum Gasteiger partial charge on any atom is 0.257 e. The van der Waals surface area contributed by atoms with Gasteiger partial charge in [-0.25, -0.2) is 0 Å². The molecular formula is C14H14BrN3O2. The molecule has 0 unspecified atom stereocenters. The first-order valence-corrected chi connectivity index (χ1v) is 6.80. The van der Waals surface area contributed by atoms with Gasteiger partial charge >= 0.3 is 0 Å². The predicted octanol–water partition coefficient (Wildman–Crippen LogP) is 2.73. The molecule has 0 saturated carbocycles. The fourth-order valence-corrected chi connectivity index (χ4v) is 2.04. The molecule has 0 fully saturated rings. The zero-order valence-corrected chi connectivity index (χ0v) is 12.7. The summed E-state index contributed by atoms with van der Waals surface area (Å²) in [5.41, 5.74) is 0.423. The van der Waals surface area contributed by atoms with Gasteiger partial charge in [-0.3, -0.25) is 4.79 Å². The molecule has 104 valence electrons. The molecule has 0 aliphatic carbocycles. The van der Waals surface area contributed by atoms with Crippen LogP contribution in [0.1, 0.15) is 23.2 Å². The van der Waals surface area contributed by atoms with Gasteiger partial charge in [-0.05, 0) is 18.2 Å². The van der Waals surface area contributed by atoms with Gasteiger partial charge in [0.15, 0.2) is 0 Å². The Morgan fingerprint density at radius 2 is 1.90 bits per heavy atom. The third-order valence-electron chi connectivity index (χ3n) is 2.67. The van der Waals surface area contributed by atoms with E-state index < -0.39 is 0 Å². The smallest absolute Gasteiger partial charge is 0.257 e. The highest BCUT2D eigenvalue weighted by molar-refractivity contribution is 9.10. The van der Waals surface area contributed by atoms with E-state index in [1.165, 1.54) is 12.0 Å². The topological polar surface area (TPSA) is 77.1 Å². The van der Waals surface area contributed by atoms with Crippen LogP contribution in [0, 0.1) is 22.7 Å². The Morgan fingerprint density at radius 1 is 1.30 bits per heavy atom. The summed E-state index contributed by atoms with van der Waals surface area (Å²) in [4.78, 5) is 14.0. The summed E-state index contributed by atoms with van der Waals surface area (Å²) >= 11 is 3.32. The van der Waals surface area contributed by atoms with E-state index in [0.717, 1.165) is 4.47 Å². The van der Waals surface area contributed by atoms with Crippen molar-refractivity contribution in [3.05, 3.63) is 28.2 Å². The predicted molar refractivity (Wildman–Crippen MR) is 77.1 cm³/mol. The molecule has 1 amide bonds. The van der Waals surface area contributed by atoms with Crippen molar-refractivity contribution in [2.45, 2.75) is 12.8 Å². The number of halogens is 1. The van der Waals surface area contributed by atoms with Crippen LogP contribution in [0.25, 0.3) is 0 Å². The van der Waals surface area contributed by atoms with E-state index in [1.807, 2.05) is 12.1 Å². The first-order valence-electron chi connectivity index (χ1n) is 6.00. The van der Waals surface area contributed by atoms with Gasteiger partial charge in [0.1, 0.15) is 5.75 Å². The number of hydrogen-bond acceptors (Lipinski definition) is 4. The number of nitrogens with zero attached hydrogens (tertiary/aromatic N) is 3. The van der Waals surface area contributed by atoms with Gasteiger partial charge in [0.2, 0.25) is 0 Å². The van der Waals surface area contributed by atoms with Gasteiger partial charge in [-0.1, -0.05) is 15.9 Å². The minimum Gasteiger partial charge on any atom is -0.496 e. The van der Waals surface area contributed by atoms with E-state index in [4.69, 9.17) is 15.3 Å². The van der Waals surface area contributed by atoms with Crippen LogP contribution in [0.3, 0.4) is 0 Å². The van der Waals surface area contributed by atoms with Crippen molar-refractivity contribution in [1.82, 2.24) is 4.90 Å². The summed E-state index contributed by atoms with van der Waals surface area (Å²) in [6.07, 6.45) is 0.464. The summed E-state index contributed by atoms with van der Waals surface area (Å²) < 4.78 is 6.01. The molecule has 0 aliphatic rings. The molecule has 0 atom stereocenters. The molecule has 0 bridgehead atoms. The normalized spacial score (nSPS) is 9.40. The highest BCUT2D eigenvalue weighted by atomic mass is 79.9. The Morgan fingerprint density at radius 3 is 2.40 bits per heavy atom. The monoisotopic (exact) mass is 335 g/mol. The highest BCUT2D eigenvalue weighted by Gasteiger charge is 2.19. The first kappa shape index (κ1) is 16.0. The SMILES string of the molecule is COc1cc(Br)ccc1C(=O)N(CCC#N)CCC#N. The van der Waals surface area contributed by atoms with Crippen molar-refractivity contribution in [3.63, 3.8) is 0 Å². The molecule has 0 spiro atoms. The molecule has 0 saturated heterocycles. The summed E-state index contributed by atoms with van der Waals surface area (Å²) in [7, 11) is 1.49. The molecule has 0 radical (unpaired) electrons. The van der Waals surface area contributed by atoms with Crippen LogP contribution in [0.15, 0.2) is 22.7 Å². The molecule has 1 aromatic rings. The van der Waals surface area contributed by atoms with E-state index in [9.17, 15) is 4.79 Å². The molecule has 20 heavy (non-hydrogen) atoms. The maximum atomic E-state index is 12.5. The second-order valence-corrected chi connectivity index (χ2v) is 4.87. The maximum absolute atomic E-state index is 12.5. The number of benzene rings is 1. The fourth-order valence-electron chi connectivity index (χ4n) is 1.70. The number of ether oxygens (including phenoxy) is 1. The second-order valence-electron chi connectivity index (χ2n) is 3.95. The Bertz CT molecular complexity index is 543. The number of carbonyl (C=O) groups excluding carboxylic acids is 1. The average molecular weight is 336 g/mol. The molecule has 6 heteroatoms. The molecule has 0 heterocycles. The van der Waals surface area contributed by atoms with Crippen LogP contribution in [0.4, 0.5) is 0 Å². The van der Waals surface area contributed by atoms with Gasteiger partial charge < -0.3 is 9.64 Å². The lowest BCUT2D eigenvalue weighted by atomic mass is 10.1. The van der Waals surface area contributed by atoms with Crippen molar-refractivity contribution in [1.29, 1.82) is 10.5 Å². The average Bonchev–Trinajstić information content (AvgIpc) is 2.46. The van der Waals surface area contributed by atoms with Crippen LogP contribution in [0.5, 0.6) is 5.75 Å². The fraction of sp³-hybridized carbons (Fsp3) is 0.357. The third kappa shape index (κ3) is 4.25. The summed E-state index contributed by atoms with van der Waals surface area (Å²) in [6.45, 7) is 0.604. The third-order valence-corrected chi connectivity index (χ3v) is 3.16. The van der Waals surface area contributed by atoms with Gasteiger partial charge in [0.25, 0.3) is 5.91 Å². The number of carbonyl (C=O) groups is 1. The number of hydrogen-bond donors (Lipinski definition) is 0. The Labute approximate surface area is 126 Å². The zero-order chi connectivity index (χ0) is 15.0. The largest absolute Gasteiger partial charge is 0.496 e. The van der Waals surface area contributed by atoms with Crippen molar-refractivity contribution in [2.75, 3.05) is 20.2 Å². The van der Waals surface area contributed by atoms with Crippen LogP contribution in [0.2, 0.25) is 0 Å². The van der Waals surface area contributed by atoms with E-state index in [1.54, 1.807) is 18.2 Å². The lowest BCUT2D eigenvalue weighted by molar-refractivity contribution is 0.0759.